The number of rotatable bonds is 6. The minimum absolute atomic E-state index is 0.114. The van der Waals surface area contributed by atoms with Crippen LogP contribution in [0.5, 0.6) is 11.5 Å². The molecule has 0 heterocycles. The van der Waals surface area contributed by atoms with Crippen molar-refractivity contribution in [3.63, 3.8) is 0 Å². The molecule has 120 valence electrons. The van der Waals surface area contributed by atoms with Crippen molar-refractivity contribution in [2.24, 2.45) is 11.1 Å². The summed E-state index contributed by atoms with van der Waals surface area (Å²) < 4.78 is 37.8. The van der Waals surface area contributed by atoms with E-state index in [-0.39, 0.29) is 22.9 Å². The van der Waals surface area contributed by atoms with Crippen LogP contribution in [0.2, 0.25) is 0 Å². The van der Waals surface area contributed by atoms with E-state index < -0.39 is 10.0 Å². The Morgan fingerprint density at radius 1 is 1.19 bits per heavy atom. The second-order valence-electron chi connectivity index (χ2n) is 5.79. The number of benzene rings is 1. The number of sulfonamides is 1. The molecule has 0 radical (unpaired) electrons. The van der Waals surface area contributed by atoms with Crippen LogP contribution in [0.1, 0.15) is 20.8 Å². The summed E-state index contributed by atoms with van der Waals surface area (Å²) in [4.78, 5) is 0.114. The molecule has 0 spiro atoms. The molecule has 0 saturated heterocycles. The van der Waals surface area contributed by atoms with Gasteiger partial charge in [-0.05, 0) is 17.5 Å². The Bertz CT molecular complexity index is 579. The molecule has 1 atom stereocenters. The van der Waals surface area contributed by atoms with Crippen LogP contribution in [0.3, 0.4) is 0 Å². The van der Waals surface area contributed by atoms with E-state index in [1.807, 2.05) is 20.8 Å². The highest BCUT2D eigenvalue weighted by atomic mass is 32.2. The quantitative estimate of drug-likeness (QED) is 0.827. The number of ether oxygens (including phenoxy) is 2. The monoisotopic (exact) mass is 316 g/mol. The Kier molecular flexibility index (Phi) is 5.61. The highest BCUT2D eigenvalue weighted by Gasteiger charge is 2.29. The van der Waals surface area contributed by atoms with Gasteiger partial charge >= 0.3 is 0 Å². The van der Waals surface area contributed by atoms with Crippen LogP contribution < -0.4 is 19.9 Å². The maximum atomic E-state index is 12.5. The van der Waals surface area contributed by atoms with Crippen LogP contribution in [0.4, 0.5) is 0 Å². The Labute approximate surface area is 126 Å². The van der Waals surface area contributed by atoms with E-state index >= 15 is 0 Å². The summed E-state index contributed by atoms with van der Waals surface area (Å²) in [6, 6.07) is 4.09. The van der Waals surface area contributed by atoms with Gasteiger partial charge in [0.15, 0.2) is 11.5 Å². The van der Waals surface area contributed by atoms with Gasteiger partial charge in [-0.3, -0.25) is 0 Å². The molecule has 21 heavy (non-hydrogen) atoms. The molecule has 0 bridgehead atoms. The van der Waals surface area contributed by atoms with E-state index in [1.54, 1.807) is 6.07 Å². The fraction of sp³-hybridized carbons (Fsp3) is 0.571. The van der Waals surface area contributed by atoms with E-state index in [0.717, 1.165) is 0 Å². The summed E-state index contributed by atoms with van der Waals surface area (Å²) in [5.74, 6) is 0.836. The lowest BCUT2D eigenvalue weighted by Crippen LogP contribution is -2.48. The predicted molar refractivity (Wildman–Crippen MR) is 82.2 cm³/mol. The van der Waals surface area contributed by atoms with E-state index in [4.69, 9.17) is 15.2 Å². The molecule has 0 saturated carbocycles. The van der Waals surface area contributed by atoms with Crippen molar-refractivity contribution in [3.8, 4) is 11.5 Å². The molecular formula is C14H24N2O4S. The van der Waals surface area contributed by atoms with Crippen molar-refractivity contribution < 1.29 is 17.9 Å². The second kappa shape index (κ2) is 6.64. The topological polar surface area (TPSA) is 90.7 Å². The van der Waals surface area contributed by atoms with Gasteiger partial charge in [0.25, 0.3) is 0 Å². The zero-order valence-electron chi connectivity index (χ0n) is 13.1. The summed E-state index contributed by atoms with van der Waals surface area (Å²) in [6.07, 6.45) is 0. The van der Waals surface area contributed by atoms with Gasteiger partial charge in [0.2, 0.25) is 10.0 Å². The first-order valence-electron chi connectivity index (χ1n) is 6.60. The number of methoxy groups -OCH3 is 2. The normalized spacial score (nSPS) is 13.8. The predicted octanol–water partition coefficient (Wildman–Crippen LogP) is 1.36. The molecule has 6 nitrogen and oxygen atoms in total. The van der Waals surface area contributed by atoms with Crippen molar-refractivity contribution in [3.05, 3.63) is 18.2 Å². The van der Waals surface area contributed by atoms with Crippen LogP contribution >= 0.6 is 0 Å². The fourth-order valence-electron chi connectivity index (χ4n) is 1.82. The van der Waals surface area contributed by atoms with Crippen LogP contribution in [0.25, 0.3) is 0 Å². The molecule has 0 fully saturated rings. The number of hydrogen-bond acceptors (Lipinski definition) is 5. The molecule has 0 aliphatic heterocycles. The summed E-state index contributed by atoms with van der Waals surface area (Å²) in [5.41, 5.74) is 5.39. The van der Waals surface area contributed by atoms with E-state index in [9.17, 15) is 8.42 Å². The molecule has 0 aromatic heterocycles. The summed E-state index contributed by atoms with van der Waals surface area (Å²) in [5, 5.41) is 0. The van der Waals surface area contributed by atoms with Crippen molar-refractivity contribution in [1.29, 1.82) is 0 Å². The van der Waals surface area contributed by atoms with Gasteiger partial charge in [0.05, 0.1) is 19.1 Å². The molecule has 3 N–H and O–H groups in total. The zero-order valence-corrected chi connectivity index (χ0v) is 14.0. The number of nitrogens with one attached hydrogen (secondary N) is 1. The van der Waals surface area contributed by atoms with Crippen LogP contribution in [-0.4, -0.2) is 35.2 Å². The molecule has 0 aliphatic rings. The number of nitrogens with two attached hydrogens (primary N) is 1. The van der Waals surface area contributed by atoms with Gasteiger partial charge < -0.3 is 15.2 Å². The summed E-state index contributed by atoms with van der Waals surface area (Å²) >= 11 is 0. The average Bonchev–Trinajstić information content (AvgIpc) is 2.42. The average molecular weight is 316 g/mol. The Balaban J connectivity index is 3.14. The zero-order chi connectivity index (χ0) is 16.3. The maximum absolute atomic E-state index is 12.5. The standard InChI is InChI=1S/C14H24N2O4S/c1-14(2,3)13(9-15)16-21(17,18)10-6-7-11(19-4)12(8-10)20-5/h6-8,13,16H,9,15H2,1-5H3. The van der Waals surface area contributed by atoms with Crippen molar-refractivity contribution in [2.75, 3.05) is 20.8 Å². The lowest BCUT2D eigenvalue weighted by Gasteiger charge is -2.30. The lowest BCUT2D eigenvalue weighted by atomic mass is 9.88. The van der Waals surface area contributed by atoms with Crippen molar-refractivity contribution in [2.45, 2.75) is 31.7 Å². The first kappa shape index (κ1) is 17.7. The van der Waals surface area contributed by atoms with Crippen LogP contribution in [0.15, 0.2) is 23.1 Å². The maximum Gasteiger partial charge on any atom is 0.241 e. The Morgan fingerprint density at radius 2 is 1.76 bits per heavy atom. The minimum Gasteiger partial charge on any atom is -0.493 e. The van der Waals surface area contributed by atoms with Crippen molar-refractivity contribution >= 4 is 10.0 Å². The SMILES string of the molecule is COc1ccc(S(=O)(=O)NC(CN)C(C)(C)C)cc1OC. The molecule has 1 aromatic carbocycles. The highest BCUT2D eigenvalue weighted by Crippen LogP contribution is 2.30. The molecule has 1 aromatic rings. The lowest BCUT2D eigenvalue weighted by molar-refractivity contribution is 0.304. The first-order chi connectivity index (χ1) is 9.65. The summed E-state index contributed by atoms with van der Waals surface area (Å²) in [6.45, 7) is 6.01. The van der Waals surface area contributed by atoms with E-state index in [2.05, 4.69) is 4.72 Å². The summed E-state index contributed by atoms with van der Waals surface area (Å²) in [7, 11) is -0.726. The first-order valence-corrected chi connectivity index (χ1v) is 8.08. The smallest absolute Gasteiger partial charge is 0.241 e. The molecule has 0 aliphatic carbocycles. The molecule has 1 unspecified atom stereocenters. The molecular weight excluding hydrogens is 292 g/mol. The van der Waals surface area contributed by atoms with Gasteiger partial charge in [0.1, 0.15) is 0 Å². The highest BCUT2D eigenvalue weighted by molar-refractivity contribution is 7.89. The van der Waals surface area contributed by atoms with E-state index in [0.29, 0.717) is 11.5 Å². The Morgan fingerprint density at radius 3 is 2.19 bits per heavy atom. The third kappa shape index (κ3) is 4.33. The number of hydrogen-bond donors (Lipinski definition) is 2. The van der Waals surface area contributed by atoms with Gasteiger partial charge in [0, 0.05) is 18.7 Å². The second-order valence-corrected chi connectivity index (χ2v) is 7.51. The fourth-order valence-corrected chi connectivity index (χ4v) is 3.29. The third-order valence-corrected chi connectivity index (χ3v) is 4.71. The van der Waals surface area contributed by atoms with Crippen molar-refractivity contribution in [1.82, 2.24) is 4.72 Å². The van der Waals surface area contributed by atoms with Gasteiger partial charge in [-0.15, -0.1) is 0 Å². The van der Waals surface area contributed by atoms with Gasteiger partial charge in [-0.25, -0.2) is 13.1 Å². The molecule has 0 amide bonds. The van der Waals surface area contributed by atoms with Gasteiger partial charge in [-0.1, -0.05) is 20.8 Å². The third-order valence-electron chi connectivity index (χ3n) is 3.24. The Hall–Kier alpha value is -1.31. The van der Waals surface area contributed by atoms with Crippen LogP contribution in [0, 0.1) is 5.41 Å². The molecule has 7 heteroatoms. The minimum atomic E-state index is -3.68. The van der Waals surface area contributed by atoms with Crippen LogP contribution in [-0.2, 0) is 10.0 Å². The van der Waals surface area contributed by atoms with Gasteiger partial charge in [-0.2, -0.15) is 0 Å². The molecule has 1 rings (SSSR count). The van der Waals surface area contributed by atoms with E-state index in [1.165, 1.54) is 26.4 Å². The largest absolute Gasteiger partial charge is 0.493 e.